The number of likely N-dealkylation sites (N-methyl/N-ethyl adjacent to an activating group) is 1. The van der Waals surface area contributed by atoms with Crippen LogP contribution in [0.3, 0.4) is 0 Å². The van der Waals surface area contributed by atoms with Gasteiger partial charge in [0, 0.05) is 23.5 Å². The van der Waals surface area contributed by atoms with Crippen LogP contribution in [-0.4, -0.2) is 12.0 Å². The van der Waals surface area contributed by atoms with Crippen LogP contribution >= 0.6 is 11.6 Å². The van der Waals surface area contributed by atoms with E-state index in [2.05, 4.69) is 29.4 Å². The number of halogens is 1. The summed E-state index contributed by atoms with van der Waals surface area (Å²) in [5.74, 6) is 0. The molecule has 0 amide bonds. The van der Waals surface area contributed by atoms with Gasteiger partial charge in [-0.05, 0) is 54.8 Å². The fourth-order valence-corrected chi connectivity index (χ4v) is 2.55. The first-order valence-corrected chi connectivity index (χ1v) is 6.97. The van der Waals surface area contributed by atoms with Crippen LogP contribution in [0.4, 0.5) is 0 Å². The van der Waals surface area contributed by atoms with Gasteiger partial charge in [-0.1, -0.05) is 30.7 Å². The summed E-state index contributed by atoms with van der Waals surface area (Å²) >= 11 is 6.05. The zero-order chi connectivity index (χ0) is 13.7. The zero-order valence-electron chi connectivity index (χ0n) is 11.4. The van der Waals surface area contributed by atoms with E-state index in [4.69, 9.17) is 11.6 Å². The van der Waals surface area contributed by atoms with Crippen LogP contribution in [-0.2, 0) is 12.8 Å². The first kappa shape index (κ1) is 14.0. The molecule has 1 aromatic carbocycles. The van der Waals surface area contributed by atoms with Gasteiger partial charge < -0.3 is 5.32 Å². The van der Waals surface area contributed by atoms with Gasteiger partial charge in [-0.2, -0.15) is 0 Å². The van der Waals surface area contributed by atoms with Gasteiger partial charge in [0.1, 0.15) is 0 Å². The Labute approximate surface area is 119 Å². The molecule has 1 aromatic heterocycles. The van der Waals surface area contributed by atoms with E-state index in [0.29, 0.717) is 0 Å². The molecule has 0 fully saturated rings. The minimum atomic E-state index is 0.288. The molecule has 1 heterocycles. The summed E-state index contributed by atoms with van der Waals surface area (Å²) in [7, 11) is 2.00. The maximum atomic E-state index is 6.05. The highest BCUT2D eigenvalue weighted by atomic mass is 35.5. The van der Waals surface area contributed by atoms with E-state index in [0.717, 1.165) is 17.9 Å². The second-order valence-electron chi connectivity index (χ2n) is 4.60. The van der Waals surface area contributed by atoms with E-state index in [-0.39, 0.29) is 6.04 Å². The summed E-state index contributed by atoms with van der Waals surface area (Å²) in [5, 5.41) is 4.18. The number of nitrogens with zero attached hydrogens (tertiary/aromatic N) is 1. The monoisotopic (exact) mass is 274 g/mol. The standard InChI is InChI=1S/C16H19ClN2/c1-3-13-11-19-8-7-15(13)16(18-2)10-12-5-4-6-14(17)9-12/h4-9,11,16,18H,3,10H2,1-2H3. The molecule has 19 heavy (non-hydrogen) atoms. The van der Waals surface area contributed by atoms with Gasteiger partial charge in [0.25, 0.3) is 0 Å². The first-order chi connectivity index (χ1) is 9.24. The molecule has 2 aromatic rings. The summed E-state index contributed by atoms with van der Waals surface area (Å²) in [5.41, 5.74) is 3.86. The lowest BCUT2D eigenvalue weighted by Crippen LogP contribution is -2.20. The molecule has 0 saturated carbocycles. The highest BCUT2D eigenvalue weighted by Crippen LogP contribution is 2.23. The number of rotatable bonds is 5. The van der Waals surface area contributed by atoms with Crippen LogP contribution in [0.1, 0.15) is 29.7 Å². The summed E-state index contributed by atoms with van der Waals surface area (Å²) in [6.07, 6.45) is 5.74. The molecule has 0 saturated heterocycles. The normalized spacial score (nSPS) is 12.4. The van der Waals surface area contributed by atoms with Crippen LogP contribution in [0.5, 0.6) is 0 Å². The van der Waals surface area contributed by atoms with Crippen molar-refractivity contribution < 1.29 is 0 Å². The van der Waals surface area contributed by atoms with Crippen LogP contribution in [0.15, 0.2) is 42.7 Å². The second kappa shape index (κ2) is 6.69. The molecule has 2 nitrogen and oxygen atoms in total. The highest BCUT2D eigenvalue weighted by molar-refractivity contribution is 6.30. The molecule has 0 aliphatic carbocycles. The van der Waals surface area contributed by atoms with Crippen molar-refractivity contribution in [2.45, 2.75) is 25.8 Å². The Bertz CT molecular complexity index is 540. The Morgan fingerprint density at radius 2 is 2.16 bits per heavy atom. The highest BCUT2D eigenvalue weighted by Gasteiger charge is 2.13. The fourth-order valence-electron chi connectivity index (χ4n) is 2.34. The van der Waals surface area contributed by atoms with Crippen LogP contribution in [0, 0.1) is 0 Å². The van der Waals surface area contributed by atoms with Gasteiger partial charge in [-0.3, -0.25) is 4.98 Å². The second-order valence-corrected chi connectivity index (χ2v) is 5.04. The summed E-state index contributed by atoms with van der Waals surface area (Å²) in [6, 6.07) is 10.4. The lowest BCUT2D eigenvalue weighted by Gasteiger charge is -2.19. The Morgan fingerprint density at radius 3 is 2.84 bits per heavy atom. The van der Waals surface area contributed by atoms with Gasteiger partial charge in [0.05, 0.1) is 0 Å². The van der Waals surface area contributed by atoms with Crippen molar-refractivity contribution in [2.75, 3.05) is 7.05 Å². The smallest absolute Gasteiger partial charge is 0.0408 e. The Hall–Kier alpha value is -1.38. The molecule has 0 bridgehead atoms. The number of nitrogens with one attached hydrogen (secondary N) is 1. The van der Waals surface area contributed by atoms with Gasteiger partial charge in [0.15, 0.2) is 0 Å². The van der Waals surface area contributed by atoms with E-state index in [1.165, 1.54) is 16.7 Å². The third kappa shape index (κ3) is 3.55. The lowest BCUT2D eigenvalue weighted by atomic mass is 9.95. The van der Waals surface area contributed by atoms with E-state index < -0.39 is 0 Å². The largest absolute Gasteiger partial charge is 0.313 e. The third-order valence-electron chi connectivity index (χ3n) is 3.37. The Morgan fingerprint density at radius 1 is 1.32 bits per heavy atom. The molecule has 0 aliphatic rings. The van der Waals surface area contributed by atoms with Crippen molar-refractivity contribution in [1.29, 1.82) is 0 Å². The number of benzene rings is 1. The van der Waals surface area contributed by atoms with Gasteiger partial charge >= 0.3 is 0 Å². The summed E-state index contributed by atoms with van der Waals surface area (Å²) in [4.78, 5) is 4.21. The topological polar surface area (TPSA) is 24.9 Å². The molecular formula is C16H19ClN2. The van der Waals surface area contributed by atoms with Crippen molar-refractivity contribution >= 4 is 11.6 Å². The van der Waals surface area contributed by atoms with Crippen LogP contribution in [0.2, 0.25) is 5.02 Å². The molecule has 2 rings (SSSR count). The zero-order valence-corrected chi connectivity index (χ0v) is 12.1. The molecule has 3 heteroatoms. The van der Waals surface area contributed by atoms with E-state index in [1.807, 2.05) is 37.6 Å². The Balaban J connectivity index is 2.25. The number of aryl methyl sites for hydroxylation is 1. The van der Waals surface area contributed by atoms with Crippen molar-refractivity contribution in [1.82, 2.24) is 10.3 Å². The van der Waals surface area contributed by atoms with Gasteiger partial charge in [-0.25, -0.2) is 0 Å². The lowest BCUT2D eigenvalue weighted by molar-refractivity contribution is 0.586. The van der Waals surface area contributed by atoms with E-state index >= 15 is 0 Å². The molecule has 100 valence electrons. The van der Waals surface area contributed by atoms with Crippen molar-refractivity contribution in [3.8, 4) is 0 Å². The van der Waals surface area contributed by atoms with Gasteiger partial charge in [-0.15, -0.1) is 0 Å². The Kier molecular flexibility index (Phi) is 4.94. The van der Waals surface area contributed by atoms with Crippen LogP contribution < -0.4 is 5.32 Å². The van der Waals surface area contributed by atoms with Crippen molar-refractivity contribution in [2.24, 2.45) is 0 Å². The predicted octanol–water partition coefficient (Wildman–Crippen LogP) is 3.80. The van der Waals surface area contributed by atoms with E-state index in [1.54, 1.807) is 0 Å². The average Bonchev–Trinajstić information content (AvgIpc) is 2.45. The molecule has 0 spiro atoms. The summed E-state index contributed by atoms with van der Waals surface area (Å²) < 4.78 is 0. The van der Waals surface area contributed by atoms with Gasteiger partial charge in [0.2, 0.25) is 0 Å². The maximum absolute atomic E-state index is 6.05. The number of hydrogen-bond donors (Lipinski definition) is 1. The number of pyridine rings is 1. The van der Waals surface area contributed by atoms with E-state index in [9.17, 15) is 0 Å². The SMILES string of the molecule is CCc1cnccc1C(Cc1cccc(Cl)c1)NC. The fraction of sp³-hybridized carbons (Fsp3) is 0.312. The molecular weight excluding hydrogens is 256 g/mol. The predicted molar refractivity (Wildman–Crippen MR) is 80.6 cm³/mol. The minimum absolute atomic E-state index is 0.288. The third-order valence-corrected chi connectivity index (χ3v) is 3.61. The molecule has 1 atom stereocenters. The first-order valence-electron chi connectivity index (χ1n) is 6.59. The van der Waals surface area contributed by atoms with Crippen molar-refractivity contribution in [3.63, 3.8) is 0 Å². The average molecular weight is 275 g/mol. The van der Waals surface area contributed by atoms with Crippen LogP contribution in [0.25, 0.3) is 0 Å². The molecule has 1 N–H and O–H groups in total. The minimum Gasteiger partial charge on any atom is -0.313 e. The molecule has 0 aliphatic heterocycles. The maximum Gasteiger partial charge on any atom is 0.0408 e. The summed E-state index contributed by atoms with van der Waals surface area (Å²) in [6.45, 7) is 2.16. The number of aromatic nitrogens is 1. The van der Waals surface area contributed by atoms with Crippen molar-refractivity contribution in [3.05, 3.63) is 64.4 Å². The molecule has 0 radical (unpaired) electrons. The quantitative estimate of drug-likeness (QED) is 0.897. The molecule has 1 unspecified atom stereocenters. The number of hydrogen-bond acceptors (Lipinski definition) is 2.